The molecule has 0 saturated heterocycles. The van der Waals surface area contributed by atoms with Crippen molar-refractivity contribution in [1.82, 2.24) is 24.5 Å². The van der Waals surface area contributed by atoms with Crippen LogP contribution < -0.4 is 10.5 Å². The number of hydrogen-bond acceptors (Lipinski definition) is 5. The molecule has 0 radical (unpaired) electrons. The summed E-state index contributed by atoms with van der Waals surface area (Å²) >= 11 is 0. The lowest BCUT2D eigenvalue weighted by Crippen LogP contribution is -1.99. The van der Waals surface area contributed by atoms with Crippen LogP contribution in [0, 0.1) is 0 Å². The Kier molecular flexibility index (Phi) is 3.31. The summed E-state index contributed by atoms with van der Waals surface area (Å²) in [6.45, 7) is 1.99. The van der Waals surface area contributed by atoms with Crippen molar-refractivity contribution in [3.05, 3.63) is 42.4 Å². The van der Waals surface area contributed by atoms with E-state index < -0.39 is 0 Å². The van der Waals surface area contributed by atoms with Gasteiger partial charge in [-0.25, -0.2) is 9.36 Å². The van der Waals surface area contributed by atoms with Gasteiger partial charge in [-0.1, -0.05) is 25.1 Å². The van der Waals surface area contributed by atoms with Gasteiger partial charge in [-0.2, -0.15) is 10.1 Å². The molecule has 2 heterocycles. The number of aromatic nitrogens is 5. The fourth-order valence-electron chi connectivity index (χ4n) is 2.05. The molecule has 0 aliphatic heterocycles. The maximum absolute atomic E-state index is 6.01. The van der Waals surface area contributed by atoms with E-state index in [-0.39, 0.29) is 6.01 Å². The van der Waals surface area contributed by atoms with Gasteiger partial charge in [0, 0.05) is 7.05 Å². The lowest BCUT2D eigenvalue weighted by atomic mass is 10.3. The van der Waals surface area contributed by atoms with Crippen molar-refractivity contribution in [2.24, 2.45) is 7.05 Å². The van der Waals surface area contributed by atoms with E-state index in [1.54, 1.807) is 22.7 Å². The van der Waals surface area contributed by atoms with Crippen LogP contribution in [0.4, 0.5) is 5.69 Å². The smallest absolute Gasteiger partial charge is 0.342 e. The van der Waals surface area contributed by atoms with Crippen LogP contribution in [-0.2, 0) is 13.5 Å². The molecule has 3 rings (SSSR count). The van der Waals surface area contributed by atoms with E-state index in [1.807, 2.05) is 37.3 Å². The number of nitrogens with zero attached hydrogens (tertiary/aromatic N) is 5. The summed E-state index contributed by atoms with van der Waals surface area (Å²) in [6.07, 6.45) is 2.34. The number of ether oxygens (including phenoxy) is 1. The van der Waals surface area contributed by atoms with Crippen LogP contribution in [0.15, 0.2) is 36.7 Å². The summed E-state index contributed by atoms with van der Waals surface area (Å²) < 4.78 is 8.89. The minimum atomic E-state index is 0.233. The summed E-state index contributed by atoms with van der Waals surface area (Å²) in [6, 6.07) is 9.92. The maximum atomic E-state index is 6.01. The Morgan fingerprint density at radius 1 is 1.19 bits per heavy atom. The molecule has 1 aromatic carbocycles. The van der Waals surface area contributed by atoms with Crippen LogP contribution in [-0.4, -0.2) is 24.5 Å². The highest BCUT2D eigenvalue weighted by atomic mass is 16.5. The molecular formula is C14H16N6O. The SMILES string of the molecule is CCc1nn(C)c(Oc2ncn(-c3ccccc3)n2)c1N. The van der Waals surface area contributed by atoms with Crippen LogP contribution in [0.5, 0.6) is 11.9 Å². The minimum absolute atomic E-state index is 0.233. The van der Waals surface area contributed by atoms with Crippen LogP contribution >= 0.6 is 0 Å². The molecule has 0 amide bonds. The summed E-state index contributed by atoms with van der Waals surface area (Å²) in [5, 5.41) is 8.57. The van der Waals surface area contributed by atoms with Crippen molar-refractivity contribution in [3.63, 3.8) is 0 Å². The predicted molar refractivity (Wildman–Crippen MR) is 78.4 cm³/mol. The van der Waals surface area contributed by atoms with Gasteiger partial charge >= 0.3 is 6.01 Å². The van der Waals surface area contributed by atoms with Crippen LogP contribution in [0.1, 0.15) is 12.6 Å². The van der Waals surface area contributed by atoms with Crippen molar-refractivity contribution in [2.45, 2.75) is 13.3 Å². The third kappa shape index (κ3) is 2.45. The zero-order valence-corrected chi connectivity index (χ0v) is 11.9. The zero-order chi connectivity index (χ0) is 14.8. The van der Waals surface area contributed by atoms with Gasteiger partial charge in [0.15, 0.2) is 0 Å². The fourth-order valence-corrected chi connectivity index (χ4v) is 2.05. The lowest BCUT2D eigenvalue weighted by molar-refractivity contribution is 0.400. The monoisotopic (exact) mass is 284 g/mol. The van der Waals surface area contributed by atoms with E-state index in [9.17, 15) is 0 Å². The minimum Gasteiger partial charge on any atom is -0.402 e. The van der Waals surface area contributed by atoms with E-state index in [0.29, 0.717) is 11.6 Å². The normalized spacial score (nSPS) is 10.8. The Bertz CT molecular complexity index is 746. The van der Waals surface area contributed by atoms with E-state index >= 15 is 0 Å². The molecule has 0 spiro atoms. The molecule has 2 aromatic heterocycles. The zero-order valence-electron chi connectivity index (χ0n) is 11.9. The molecule has 7 heteroatoms. The summed E-state index contributed by atoms with van der Waals surface area (Å²) in [5.41, 5.74) is 8.24. The molecule has 0 aliphatic carbocycles. The Balaban J connectivity index is 1.87. The fraction of sp³-hybridized carbons (Fsp3) is 0.214. The average Bonchev–Trinajstić information content (AvgIpc) is 3.08. The molecule has 0 atom stereocenters. The Morgan fingerprint density at radius 2 is 1.95 bits per heavy atom. The largest absolute Gasteiger partial charge is 0.402 e. The second-order valence-electron chi connectivity index (χ2n) is 4.55. The van der Waals surface area contributed by atoms with Crippen molar-refractivity contribution >= 4 is 5.69 Å². The van der Waals surface area contributed by atoms with E-state index in [1.165, 1.54) is 0 Å². The number of nitrogen functional groups attached to an aromatic ring is 1. The van der Waals surface area contributed by atoms with Crippen molar-refractivity contribution in [2.75, 3.05) is 5.73 Å². The molecule has 0 fully saturated rings. The summed E-state index contributed by atoms with van der Waals surface area (Å²) in [7, 11) is 1.78. The first-order chi connectivity index (χ1) is 10.2. The van der Waals surface area contributed by atoms with Gasteiger partial charge in [-0.3, -0.25) is 0 Å². The van der Waals surface area contributed by atoms with Crippen molar-refractivity contribution in [1.29, 1.82) is 0 Å². The molecular weight excluding hydrogens is 268 g/mol. The number of nitrogens with two attached hydrogens (primary N) is 1. The highest BCUT2D eigenvalue weighted by Crippen LogP contribution is 2.28. The first-order valence-corrected chi connectivity index (χ1v) is 6.65. The molecule has 21 heavy (non-hydrogen) atoms. The second-order valence-corrected chi connectivity index (χ2v) is 4.55. The number of hydrogen-bond donors (Lipinski definition) is 1. The van der Waals surface area contributed by atoms with E-state index in [2.05, 4.69) is 15.2 Å². The Labute approximate surface area is 122 Å². The predicted octanol–water partition coefficient (Wildman–Crippen LogP) is 1.94. The van der Waals surface area contributed by atoms with Gasteiger partial charge in [0.1, 0.15) is 12.0 Å². The number of benzene rings is 1. The van der Waals surface area contributed by atoms with Crippen LogP contribution in [0.2, 0.25) is 0 Å². The first-order valence-electron chi connectivity index (χ1n) is 6.65. The third-order valence-electron chi connectivity index (χ3n) is 3.12. The summed E-state index contributed by atoms with van der Waals surface area (Å²) in [4.78, 5) is 4.14. The number of rotatable bonds is 4. The van der Waals surface area contributed by atoms with Gasteiger partial charge in [-0.15, -0.1) is 5.10 Å². The van der Waals surface area contributed by atoms with Crippen LogP contribution in [0.3, 0.4) is 0 Å². The van der Waals surface area contributed by atoms with Crippen molar-refractivity contribution in [3.8, 4) is 17.6 Å². The number of aryl methyl sites for hydroxylation is 2. The molecule has 7 nitrogen and oxygen atoms in total. The Morgan fingerprint density at radius 3 is 2.62 bits per heavy atom. The molecule has 3 aromatic rings. The molecule has 0 unspecified atom stereocenters. The van der Waals surface area contributed by atoms with Gasteiger partial charge in [0.25, 0.3) is 0 Å². The summed E-state index contributed by atoms with van der Waals surface area (Å²) in [5.74, 6) is 0.456. The van der Waals surface area contributed by atoms with Gasteiger partial charge in [0.05, 0.1) is 11.4 Å². The third-order valence-corrected chi connectivity index (χ3v) is 3.12. The molecule has 2 N–H and O–H groups in total. The quantitative estimate of drug-likeness (QED) is 0.791. The first kappa shape index (κ1) is 13.2. The van der Waals surface area contributed by atoms with Crippen LogP contribution in [0.25, 0.3) is 5.69 Å². The standard InChI is InChI=1S/C14H16N6O/c1-3-11-12(15)13(19(2)17-11)21-14-16-9-20(18-14)10-7-5-4-6-8-10/h4-9H,3,15H2,1-2H3. The van der Waals surface area contributed by atoms with Crippen molar-refractivity contribution < 1.29 is 4.74 Å². The maximum Gasteiger partial charge on any atom is 0.342 e. The topological polar surface area (TPSA) is 83.8 Å². The lowest BCUT2D eigenvalue weighted by Gasteiger charge is -2.02. The highest BCUT2D eigenvalue weighted by Gasteiger charge is 2.16. The molecule has 0 aliphatic rings. The Hall–Kier alpha value is -2.83. The number of anilines is 1. The van der Waals surface area contributed by atoms with Gasteiger partial charge in [-0.05, 0) is 18.6 Å². The van der Waals surface area contributed by atoms with Gasteiger partial charge < -0.3 is 10.5 Å². The molecule has 108 valence electrons. The number of para-hydroxylation sites is 1. The molecule has 0 bridgehead atoms. The average molecular weight is 284 g/mol. The highest BCUT2D eigenvalue weighted by molar-refractivity contribution is 5.53. The van der Waals surface area contributed by atoms with E-state index in [0.717, 1.165) is 17.8 Å². The second kappa shape index (κ2) is 5.28. The molecule has 0 saturated carbocycles. The van der Waals surface area contributed by atoms with E-state index in [4.69, 9.17) is 10.5 Å². The van der Waals surface area contributed by atoms with Gasteiger partial charge in [0.2, 0.25) is 5.88 Å².